The number of likely N-dealkylation sites (N-methyl/N-ethyl adjacent to an activating group) is 1. The van der Waals surface area contributed by atoms with E-state index in [4.69, 9.17) is 5.73 Å². The Morgan fingerprint density at radius 2 is 1.81 bits per heavy atom. The molecule has 14 heteroatoms. The van der Waals surface area contributed by atoms with E-state index in [9.17, 15) is 48.0 Å². The normalized spacial score (nSPS) is 26.8. The average molecular weight is 598 g/mol. The summed E-state index contributed by atoms with van der Waals surface area (Å²) in [6.07, 6.45) is -4.77. The Kier molecular flexibility index (Phi) is 7.89. The van der Waals surface area contributed by atoms with Gasteiger partial charge in [-0.2, -0.15) is 0 Å². The lowest BCUT2D eigenvalue weighted by Gasteiger charge is -2.50. The SMILES string of the molecule is CCCC(c1cc(O)c2c(c1OC(F)(F)F)C[C@H]1C[C@H]3[C@H](N(C)C)C(O)=C(C(N)=O)C(=O)[C@@]3(O)C(O)=C1C2=O)N(C)C. The van der Waals surface area contributed by atoms with Gasteiger partial charge < -0.3 is 35.8 Å². The molecule has 1 aromatic rings. The molecule has 0 heterocycles. The van der Waals surface area contributed by atoms with Gasteiger partial charge in [0.15, 0.2) is 11.4 Å². The maximum absolute atomic E-state index is 13.8. The number of alkyl halides is 3. The van der Waals surface area contributed by atoms with Crippen LogP contribution in [0.1, 0.15) is 53.7 Å². The highest BCUT2D eigenvalue weighted by atomic mass is 19.4. The smallest absolute Gasteiger partial charge is 0.510 e. The van der Waals surface area contributed by atoms with E-state index in [2.05, 4.69) is 4.74 Å². The number of fused-ring (bicyclic) bond motifs is 3. The van der Waals surface area contributed by atoms with Gasteiger partial charge in [-0.25, -0.2) is 0 Å². The molecule has 0 spiro atoms. The quantitative estimate of drug-likeness (QED) is 0.294. The summed E-state index contributed by atoms with van der Waals surface area (Å²) in [5, 5.41) is 44.9. The van der Waals surface area contributed by atoms with E-state index in [1.165, 1.54) is 19.0 Å². The number of allylic oxidation sites excluding steroid dienone is 1. The van der Waals surface area contributed by atoms with Crippen molar-refractivity contribution in [3.63, 3.8) is 0 Å². The number of rotatable bonds is 7. The van der Waals surface area contributed by atoms with E-state index in [-0.39, 0.29) is 24.0 Å². The van der Waals surface area contributed by atoms with Crippen molar-refractivity contribution >= 4 is 17.5 Å². The second-order valence-electron chi connectivity index (χ2n) is 11.4. The number of hydrogen-bond acceptors (Lipinski definition) is 10. The molecule has 1 aromatic carbocycles. The van der Waals surface area contributed by atoms with Crippen LogP contribution in [0.3, 0.4) is 0 Å². The van der Waals surface area contributed by atoms with Crippen molar-refractivity contribution in [3.05, 3.63) is 45.4 Å². The summed E-state index contributed by atoms with van der Waals surface area (Å²) in [4.78, 5) is 42.4. The van der Waals surface area contributed by atoms with Crippen LogP contribution in [0, 0.1) is 11.8 Å². The number of benzene rings is 1. The Bertz CT molecular complexity index is 1420. The lowest BCUT2D eigenvalue weighted by molar-refractivity contribution is -0.275. The Labute approximate surface area is 239 Å². The van der Waals surface area contributed by atoms with E-state index in [1.54, 1.807) is 19.0 Å². The predicted molar refractivity (Wildman–Crippen MR) is 142 cm³/mol. The Morgan fingerprint density at radius 3 is 2.31 bits per heavy atom. The van der Waals surface area contributed by atoms with Crippen LogP contribution in [0.2, 0.25) is 0 Å². The topological polar surface area (TPSA) is 174 Å². The summed E-state index contributed by atoms with van der Waals surface area (Å²) in [5.74, 6) is -9.41. The van der Waals surface area contributed by atoms with Crippen LogP contribution in [0.4, 0.5) is 13.2 Å². The first kappa shape index (κ1) is 31.3. The molecule has 3 aliphatic rings. The number of primary amides is 1. The van der Waals surface area contributed by atoms with Crippen molar-refractivity contribution < 1.29 is 52.7 Å². The number of phenols is 1. The summed E-state index contributed by atoms with van der Waals surface area (Å²) in [7, 11) is 6.26. The highest BCUT2D eigenvalue weighted by molar-refractivity contribution is 6.24. The molecule has 1 amide bonds. The minimum atomic E-state index is -5.15. The van der Waals surface area contributed by atoms with Gasteiger partial charge in [0.2, 0.25) is 5.78 Å². The molecule has 42 heavy (non-hydrogen) atoms. The van der Waals surface area contributed by atoms with Crippen LogP contribution in [0.15, 0.2) is 28.7 Å². The van der Waals surface area contributed by atoms with Gasteiger partial charge in [-0.05, 0) is 59.4 Å². The van der Waals surface area contributed by atoms with Gasteiger partial charge in [0.25, 0.3) is 5.91 Å². The van der Waals surface area contributed by atoms with Crippen molar-refractivity contribution in [1.29, 1.82) is 0 Å². The number of ether oxygens (including phenoxy) is 1. The highest BCUT2D eigenvalue weighted by Gasteiger charge is 2.63. The molecule has 0 bridgehead atoms. The molecule has 6 N–H and O–H groups in total. The number of hydrogen-bond donors (Lipinski definition) is 5. The summed E-state index contributed by atoms with van der Waals surface area (Å²) in [5.41, 5.74) is 0.237. The maximum Gasteiger partial charge on any atom is 0.573 e. The minimum Gasteiger partial charge on any atom is -0.510 e. The number of carbonyl (C=O) groups is 3. The van der Waals surface area contributed by atoms with Crippen LogP contribution in [-0.2, 0) is 16.0 Å². The molecule has 0 radical (unpaired) electrons. The van der Waals surface area contributed by atoms with Crippen molar-refractivity contribution in [3.8, 4) is 11.5 Å². The molecular formula is C28H34F3N3O8. The first-order chi connectivity index (χ1) is 19.4. The molecule has 1 unspecified atom stereocenters. The van der Waals surface area contributed by atoms with Gasteiger partial charge in [-0.1, -0.05) is 13.3 Å². The molecule has 230 valence electrons. The zero-order chi connectivity index (χ0) is 31.6. The Morgan fingerprint density at radius 1 is 1.19 bits per heavy atom. The third-order valence-electron chi connectivity index (χ3n) is 8.46. The number of Topliss-reactive ketones (excluding diaryl/α,β-unsaturated/α-hetero) is 2. The Hall–Kier alpha value is -3.62. The molecule has 11 nitrogen and oxygen atoms in total. The number of halogens is 3. The first-order valence-electron chi connectivity index (χ1n) is 13.3. The molecule has 0 saturated heterocycles. The zero-order valence-corrected chi connectivity index (χ0v) is 23.7. The van der Waals surface area contributed by atoms with Crippen molar-refractivity contribution in [1.82, 2.24) is 9.80 Å². The highest BCUT2D eigenvalue weighted by Crippen LogP contribution is 2.54. The summed E-state index contributed by atoms with van der Waals surface area (Å²) >= 11 is 0. The van der Waals surface area contributed by atoms with Gasteiger partial charge in [-0.3, -0.25) is 19.3 Å². The number of ketones is 2. The van der Waals surface area contributed by atoms with Crippen molar-refractivity contribution in [2.45, 2.75) is 56.7 Å². The van der Waals surface area contributed by atoms with Gasteiger partial charge in [0, 0.05) is 28.7 Å². The van der Waals surface area contributed by atoms with Gasteiger partial charge in [0.1, 0.15) is 28.6 Å². The third kappa shape index (κ3) is 4.71. The number of phenolic OH excluding ortho intramolecular Hbond substituents is 1. The van der Waals surface area contributed by atoms with E-state index in [1.807, 2.05) is 6.92 Å². The number of aliphatic hydroxyl groups is 3. The predicted octanol–water partition coefficient (Wildman–Crippen LogP) is 2.42. The maximum atomic E-state index is 13.8. The number of aromatic hydroxyl groups is 1. The molecule has 5 atom stereocenters. The third-order valence-corrected chi connectivity index (χ3v) is 8.46. The molecule has 3 aliphatic carbocycles. The number of nitrogens with two attached hydrogens (primary N) is 1. The molecule has 0 saturated carbocycles. The standard InChI is InChI=1S/C28H34F3N3O8/c1-6-7-15(33(2)3)12-10-16(35)18-13(23(12)42-28(29,30)31)8-11-9-14-20(34(4)5)22(37)19(26(32)40)25(39)27(14,41)24(38)17(11)21(18)36/h10-11,14-15,20,35,37-38,41H,6-9H2,1-5H3,(H2,32,40)/t11-,14-,15?,20-,27-/m0/s1. The Balaban J connectivity index is 1.99. The average Bonchev–Trinajstić information content (AvgIpc) is 2.85. The summed E-state index contributed by atoms with van der Waals surface area (Å²) in [6, 6.07) is -0.830. The second kappa shape index (κ2) is 10.6. The van der Waals surface area contributed by atoms with Crippen LogP contribution in [-0.4, -0.2) is 93.9 Å². The molecule has 0 aromatic heterocycles. The molecule has 4 rings (SSSR count). The van der Waals surface area contributed by atoms with E-state index in [0.29, 0.717) is 12.8 Å². The van der Waals surface area contributed by atoms with Crippen LogP contribution < -0.4 is 10.5 Å². The fourth-order valence-electron chi connectivity index (χ4n) is 6.77. The fourth-order valence-corrected chi connectivity index (χ4v) is 6.77. The molecule has 0 fully saturated rings. The van der Waals surface area contributed by atoms with Crippen LogP contribution in [0.25, 0.3) is 0 Å². The van der Waals surface area contributed by atoms with Gasteiger partial charge in [0.05, 0.1) is 11.6 Å². The van der Waals surface area contributed by atoms with Crippen LogP contribution in [0.5, 0.6) is 11.5 Å². The largest absolute Gasteiger partial charge is 0.573 e. The first-order valence-corrected chi connectivity index (χ1v) is 13.3. The van der Waals surface area contributed by atoms with Gasteiger partial charge in [-0.15, -0.1) is 13.2 Å². The lowest BCUT2D eigenvalue weighted by atomic mass is 9.58. The number of aliphatic hydroxyl groups excluding tert-OH is 2. The monoisotopic (exact) mass is 597 g/mol. The lowest BCUT2D eigenvalue weighted by Crippen LogP contribution is -2.63. The zero-order valence-electron chi connectivity index (χ0n) is 23.7. The fraction of sp³-hybridized carbons (Fsp3) is 0.536. The number of amides is 1. The minimum absolute atomic E-state index is 0.0119. The molecular weight excluding hydrogens is 563 g/mol. The van der Waals surface area contributed by atoms with Crippen molar-refractivity contribution in [2.75, 3.05) is 28.2 Å². The molecule has 0 aliphatic heterocycles. The van der Waals surface area contributed by atoms with Crippen LogP contribution >= 0.6 is 0 Å². The van der Waals surface area contributed by atoms with E-state index < -0.39 is 93.1 Å². The summed E-state index contributed by atoms with van der Waals surface area (Å²) in [6.45, 7) is 1.84. The number of nitrogens with zero attached hydrogens (tertiary/aromatic N) is 2. The second-order valence-corrected chi connectivity index (χ2v) is 11.4. The van der Waals surface area contributed by atoms with Crippen molar-refractivity contribution in [2.24, 2.45) is 17.6 Å². The number of carbonyl (C=O) groups excluding carboxylic acids is 3. The van der Waals surface area contributed by atoms with Gasteiger partial charge >= 0.3 is 6.36 Å². The van der Waals surface area contributed by atoms with E-state index in [0.717, 1.165) is 6.07 Å². The summed E-state index contributed by atoms with van der Waals surface area (Å²) < 4.78 is 45.8. The van der Waals surface area contributed by atoms with E-state index >= 15 is 0 Å².